The van der Waals surface area contributed by atoms with Crippen molar-refractivity contribution in [1.82, 2.24) is 10.2 Å². The molecule has 2 rings (SSSR count). The molecule has 1 fully saturated rings. The van der Waals surface area contributed by atoms with Gasteiger partial charge in [-0.3, -0.25) is 4.79 Å². The minimum atomic E-state index is -0.755. The number of hydrogen-bond donors (Lipinski definition) is 2. The van der Waals surface area contributed by atoms with Crippen LogP contribution in [0.25, 0.3) is 0 Å². The van der Waals surface area contributed by atoms with Crippen molar-refractivity contribution in [2.75, 3.05) is 13.1 Å². The van der Waals surface area contributed by atoms with Crippen molar-refractivity contribution in [2.45, 2.75) is 26.3 Å². The Hall–Kier alpha value is -1.56. The third-order valence-corrected chi connectivity index (χ3v) is 4.52. The van der Waals surface area contributed by atoms with Gasteiger partial charge in [0.2, 0.25) is 0 Å². The molecule has 0 aromatic carbocycles. The highest BCUT2D eigenvalue weighted by Gasteiger charge is 2.26. The van der Waals surface area contributed by atoms with Crippen molar-refractivity contribution in [1.29, 1.82) is 0 Å². The van der Waals surface area contributed by atoms with E-state index in [0.717, 1.165) is 4.88 Å². The molecule has 6 heteroatoms. The molecule has 19 heavy (non-hydrogen) atoms. The first-order valence-electron chi connectivity index (χ1n) is 6.36. The third kappa shape index (κ3) is 3.47. The largest absolute Gasteiger partial charge is 0.481 e. The maximum Gasteiger partial charge on any atom is 0.317 e. The van der Waals surface area contributed by atoms with Gasteiger partial charge in [0, 0.05) is 18.0 Å². The van der Waals surface area contributed by atoms with Gasteiger partial charge < -0.3 is 15.3 Å². The Kier molecular flexibility index (Phi) is 4.42. The van der Waals surface area contributed by atoms with E-state index in [4.69, 9.17) is 5.11 Å². The molecule has 2 N–H and O–H groups in total. The molecule has 1 aromatic rings. The van der Waals surface area contributed by atoms with Crippen molar-refractivity contribution in [2.24, 2.45) is 5.92 Å². The maximum absolute atomic E-state index is 12.0. The highest BCUT2D eigenvalue weighted by atomic mass is 32.1. The van der Waals surface area contributed by atoms with Crippen LogP contribution in [-0.4, -0.2) is 35.1 Å². The molecule has 1 saturated heterocycles. The Balaban J connectivity index is 1.79. The van der Waals surface area contributed by atoms with Gasteiger partial charge in [-0.05, 0) is 36.8 Å². The lowest BCUT2D eigenvalue weighted by atomic mass is 9.97. The molecule has 1 aromatic heterocycles. The average Bonchev–Trinajstić information content (AvgIpc) is 2.81. The number of urea groups is 1. The molecular formula is C13H18N2O3S. The van der Waals surface area contributed by atoms with Crippen LogP contribution in [0.3, 0.4) is 0 Å². The lowest BCUT2D eigenvalue weighted by Crippen LogP contribution is -2.45. The van der Waals surface area contributed by atoms with Crippen molar-refractivity contribution in [3.63, 3.8) is 0 Å². The van der Waals surface area contributed by atoms with E-state index in [1.54, 1.807) is 16.2 Å². The zero-order chi connectivity index (χ0) is 13.8. The minimum Gasteiger partial charge on any atom is -0.481 e. The maximum atomic E-state index is 12.0. The van der Waals surface area contributed by atoms with Gasteiger partial charge in [0.1, 0.15) is 0 Å². The second kappa shape index (κ2) is 6.06. The summed E-state index contributed by atoms with van der Waals surface area (Å²) in [6, 6.07) is 1.93. The summed E-state index contributed by atoms with van der Waals surface area (Å²) < 4.78 is 0. The van der Waals surface area contributed by atoms with Gasteiger partial charge in [-0.2, -0.15) is 0 Å². The van der Waals surface area contributed by atoms with Gasteiger partial charge in [0.15, 0.2) is 0 Å². The molecule has 0 unspecified atom stereocenters. The Morgan fingerprint density at radius 3 is 2.68 bits per heavy atom. The number of carbonyl (C=O) groups is 2. The van der Waals surface area contributed by atoms with Crippen LogP contribution in [0.4, 0.5) is 4.79 Å². The number of carboxylic acid groups (broad SMARTS) is 1. The number of thiophene rings is 1. The van der Waals surface area contributed by atoms with Crippen LogP contribution in [0.1, 0.15) is 23.3 Å². The molecule has 0 saturated carbocycles. The number of hydrogen-bond acceptors (Lipinski definition) is 3. The number of amides is 2. The topological polar surface area (TPSA) is 69.6 Å². The quantitative estimate of drug-likeness (QED) is 0.891. The molecule has 5 nitrogen and oxygen atoms in total. The summed E-state index contributed by atoms with van der Waals surface area (Å²) in [6.45, 7) is 3.61. The van der Waals surface area contributed by atoms with Crippen LogP contribution in [0, 0.1) is 12.8 Å². The molecule has 0 bridgehead atoms. The number of aliphatic carboxylic acids is 1. The second-order valence-electron chi connectivity index (χ2n) is 4.79. The molecule has 0 atom stereocenters. The van der Waals surface area contributed by atoms with Crippen LogP contribution in [0.2, 0.25) is 0 Å². The molecule has 2 heterocycles. The van der Waals surface area contributed by atoms with Gasteiger partial charge in [0.25, 0.3) is 0 Å². The SMILES string of the molecule is Cc1ccsc1CNC(=O)N1CCC(C(=O)O)CC1. The lowest BCUT2D eigenvalue weighted by molar-refractivity contribution is -0.143. The Labute approximate surface area is 116 Å². The van der Waals surface area contributed by atoms with Crippen molar-refractivity contribution in [3.05, 3.63) is 21.9 Å². The van der Waals surface area contributed by atoms with Crippen molar-refractivity contribution in [3.8, 4) is 0 Å². The highest BCUT2D eigenvalue weighted by molar-refractivity contribution is 7.10. The summed E-state index contributed by atoms with van der Waals surface area (Å²) in [4.78, 5) is 25.6. The van der Waals surface area contributed by atoms with Crippen molar-refractivity contribution >= 4 is 23.3 Å². The van der Waals surface area contributed by atoms with E-state index >= 15 is 0 Å². The van der Waals surface area contributed by atoms with Gasteiger partial charge in [-0.25, -0.2) is 4.79 Å². The summed E-state index contributed by atoms with van der Waals surface area (Å²) in [5.41, 5.74) is 1.19. The number of carboxylic acids is 1. The number of likely N-dealkylation sites (tertiary alicyclic amines) is 1. The number of aryl methyl sites for hydroxylation is 1. The van der Waals surface area contributed by atoms with E-state index in [-0.39, 0.29) is 11.9 Å². The Morgan fingerprint density at radius 2 is 2.16 bits per heavy atom. The van der Waals surface area contributed by atoms with E-state index in [2.05, 4.69) is 5.32 Å². The van der Waals surface area contributed by atoms with E-state index in [1.165, 1.54) is 5.56 Å². The monoisotopic (exact) mass is 282 g/mol. The summed E-state index contributed by atoms with van der Waals surface area (Å²) in [6.07, 6.45) is 1.08. The van der Waals surface area contributed by atoms with Gasteiger partial charge >= 0.3 is 12.0 Å². The zero-order valence-electron chi connectivity index (χ0n) is 10.9. The first-order valence-corrected chi connectivity index (χ1v) is 7.24. The van der Waals surface area contributed by atoms with Gasteiger partial charge in [-0.1, -0.05) is 0 Å². The van der Waals surface area contributed by atoms with Crippen LogP contribution < -0.4 is 5.32 Å². The molecule has 104 valence electrons. The third-order valence-electron chi connectivity index (χ3n) is 3.50. The predicted molar refractivity (Wildman–Crippen MR) is 73.2 cm³/mol. The highest BCUT2D eigenvalue weighted by Crippen LogP contribution is 2.18. The average molecular weight is 282 g/mol. The van der Waals surface area contributed by atoms with E-state index in [9.17, 15) is 9.59 Å². The Morgan fingerprint density at radius 1 is 1.47 bits per heavy atom. The minimum absolute atomic E-state index is 0.100. The van der Waals surface area contributed by atoms with Crippen LogP contribution in [0.15, 0.2) is 11.4 Å². The number of carbonyl (C=O) groups excluding carboxylic acids is 1. The molecule has 0 aliphatic carbocycles. The second-order valence-corrected chi connectivity index (χ2v) is 5.79. The Bertz CT molecular complexity index is 464. The molecule has 2 amide bonds. The standard InChI is InChI=1S/C13H18N2O3S/c1-9-4-7-19-11(9)8-14-13(18)15-5-2-10(3-6-15)12(16)17/h4,7,10H,2-3,5-6,8H2,1H3,(H,14,18)(H,16,17). The van der Waals surface area contributed by atoms with Crippen molar-refractivity contribution < 1.29 is 14.7 Å². The van der Waals surface area contributed by atoms with E-state index in [0.29, 0.717) is 32.5 Å². The van der Waals surface area contributed by atoms with Crippen LogP contribution in [-0.2, 0) is 11.3 Å². The fourth-order valence-corrected chi connectivity index (χ4v) is 3.03. The van der Waals surface area contributed by atoms with E-state index < -0.39 is 5.97 Å². The fourth-order valence-electron chi connectivity index (χ4n) is 2.18. The number of rotatable bonds is 3. The summed E-state index contributed by atoms with van der Waals surface area (Å²) >= 11 is 1.63. The molecule has 1 aliphatic heterocycles. The molecule has 1 aliphatic rings. The molecular weight excluding hydrogens is 264 g/mol. The normalized spacial score (nSPS) is 16.4. The number of piperidine rings is 1. The predicted octanol–water partition coefficient (Wildman–Crippen LogP) is 2.06. The first-order chi connectivity index (χ1) is 9.08. The smallest absolute Gasteiger partial charge is 0.317 e. The van der Waals surface area contributed by atoms with Crippen LogP contribution >= 0.6 is 11.3 Å². The summed E-state index contributed by atoms with van der Waals surface area (Å²) in [5, 5.41) is 13.8. The zero-order valence-corrected chi connectivity index (χ0v) is 11.7. The first kappa shape index (κ1) is 13.9. The fraction of sp³-hybridized carbons (Fsp3) is 0.538. The number of nitrogens with one attached hydrogen (secondary N) is 1. The number of nitrogens with zero attached hydrogens (tertiary/aromatic N) is 1. The van der Waals surface area contributed by atoms with Crippen LogP contribution in [0.5, 0.6) is 0 Å². The van der Waals surface area contributed by atoms with Gasteiger partial charge in [-0.15, -0.1) is 11.3 Å². The molecule has 0 radical (unpaired) electrons. The lowest BCUT2D eigenvalue weighted by Gasteiger charge is -2.30. The van der Waals surface area contributed by atoms with Gasteiger partial charge in [0.05, 0.1) is 12.5 Å². The summed E-state index contributed by atoms with van der Waals surface area (Å²) in [5.74, 6) is -1.06. The van der Waals surface area contributed by atoms with E-state index in [1.807, 2.05) is 18.4 Å². The summed E-state index contributed by atoms with van der Waals surface area (Å²) in [7, 11) is 0. The molecule has 0 spiro atoms.